The Morgan fingerprint density at radius 1 is 0.571 bits per heavy atom. The Bertz CT molecular complexity index is 1410. The third-order valence-electron chi connectivity index (χ3n) is 11.7. The van der Waals surface area contributed by atoms with Crippen molar-refractivity contribution < 1.29 is 14.2 Å². The summed E-state index contributed by atoms with van der Waals surface area (Å²) in [4.78, 5) is 4.93. The van der Waals surface area contributed by atoms with E-state index >= 15 is 0 Å². The average Bonchev–Trinajstić information content (AvgIpc) is 3.20. The Morgan fingerprint density at radius 3 is 1.46 bits per heavy atom. The topological polar surface area (TPSA) is 63.8 Å². The summed E-state index contributed by atoms with van der Waals surface area (Å²) in [5.74, 6) is 1.61. The van der Waals surface area contributed by atoms with Crippen molar-refractivity contribution in [3.05, 3.63) is 45.2 Å². The molecule has 1 heterocycles. The van der Waals surface area contributed by atoms with E-state index in [1.165, 1.54) is 173 Å². The first-order valence-electron chi connectivity index (χ1n) is 24.1. The van der Waals surface area contributed by atoms with Crippen molar-refractivity contribution in [1.29, 1.82) is 5.26 Å². The lowest BCUT2D eigenvalue weighted by molar-refractivity contribution is 0.0550. The smallest absolute Gasteiger partial charge is 0.171 e. The number of hydrogen-bond acceptors (Lipinski definition) is 5. The van der Waals surface area contributed by atoms with Gasteiger partial charge < -0.3 is 14.2 Å². The minimum absolute atomic E-state index is 0.0319. The van der Waals surface area contributed by atoms with Crippen LogP contribution in [0, 0.1) is 11.3 Å². The quantitative estimate of drug-likeness (QED) is 0.0637. The summed E-state index contributed by atoms with van der Waals surface area (Å²) < 4.78 is 20.3. The van der Waals surface area contributed by atoms with E-state index in [4.69, 9.17) is 19.2 Å². The molecule has 1 aliphatic heterocycles. The van der Waals surface area contributed by atoms with Crippen LogP contribution in [0.5, 0.6) is 0 Å². The zero-order valence-electron chi connectivity index (χ0n) is 36.9. The molecule has 0 saturated heterocycles. The van der Waals surface area contributed by atoms with Gasteiger partial charge >= 0.3 is 0 Å². The molecule has 0 radical (unpaired) electrons. The lowest BCUT2D eigenvalue weighted by Gasteiger charge is -2.28. The number of nitriles is 1. The maximum absolute atomic E-state index is 10.2. The summed E-state index contributed by atoms with van der Waals surface area (Å²) in [7, 11) is 0. The van der Waals surface area contributed by atoms with Crippen molar-refractivity contribution in [3.63, 3.8) is 0 Å². The first-order valence-corrected chi connectivity index (χ1v) is 24.1. The van der Waals surface area contributed by atoms with Gasteiger partial charge in [-0.25, -0.2) is 0 Å². The van der Waals surface area contributed by atoms with Crippen LogP contribution in [-0.4, -0.2) is 32.0 Å². The molecule has 0 N–H and O–H groups in total. The van der Waals surface area contributed by atoms with Crippen molar-refractivity contribution in [2.75, 3.05) is 19.8 Å². The minimum atomic E-state index is -0.333. The van der Waals surface area contributed by atoms with E-state index in [1.54, 1.807) is 0 Å². The van der Waals surface area contributed by atoms with Gasteiger partial charge in [0.1, 0.15) is 12.2 Å². The fourth-order valence-corrected chi connectivity index (χ4v) is 8.21. The highest BCUT2D eigenvalue weighted by Gasteiger charge is 2.30. The number of hydrogen-bond donors (Lipinski definition) is 0. The van der Waals surface area contributed by atoms with Gasteiger partial charge in [0.05, 0.1) is 30.2 Å². The molecule has 2 atom stereocenters. The molecule has 0 unspecified atom stereocenters. The van der Waals surface area contributed by atoms with E-state index in [0.717, 1.165) is 52.5 Å². The molecule has 1 aromatic carbocycles. The highest BCUT2D eigenvalue weighted by Crippen LogP contribution is 2.31. The van der Waals surface area contributed by atoms with E-state index in [9.17, 15) is 5.26 Å². The van der Waals surface area contributed by atoms with Gasteiger partial charge in [-0.2, -0.15) is 5.26 Å². The number of benzene rings is 1. The fraction of sp³-hybridized carbons (Fsp3) is 0.765. The molecule has 0 bridgehead atoms. The molecule has 2 aliphatic rings. The number of fused-ring (bicyclic) bond motifs is 3. The highest BCUT2D eigenvalue weighted by molar-refractivity contribution is 5.78. The van der Waals surface area contributed by atoms with Crippen molar-refractivity contribution in [3.8, 4) is 6.07 Å². The predicted octanol–water partition coefficient (Wildman–Crippen LogP) is 14.2. The first-order chi connectivity index (χ1) is 27.6. The molecule has 5 heteroatoms. The molecule has 3 rings (SSSR count). The molecule has 316 valence electrons. The number of rotatable bonds is 36. The van der Waals surface area contributed by atoms with Gasteiger partial charge in [-0.3, -0.25) is 4.99 Å². The average molecular weight is 773 g/mol. The van der Waals surface area contributed by atoms with Gasteiger partial charge in [0, 0.05) is 17.7 Å². The summed E-state index contributed by atoms with van der Waals surface area (Å²) in [6, 6.07) is 4.48. The Hall–Kier alpha value is -2.58. The van der Waals surface area contributed by atoms with E-state index in [1.807, 2.05) is 6.07 Å². The molecule has 0 aromatic heterocycles. The fourth-order valence-electron chi connectivity index (χ4n) is 8.21. The maximum atomic E-state index is 10.2. The predicted molar refractivity (Wildman–Crippen MR) is 239 cm³/mol. The minimum Gasteiger partial charge on any atom is -0.491 e. The van der Waals surface area contributed by atoms with Crippen LogP contribution < -0.4 is 10.6 Å². The van der Waals surface area contributed by atoms with Gasteiger partial charge in [-0.05, 0) is 43.5 Å². The number of ether oxygens (including phenoxy) is 3. The largest absolute Gasteiger partial charge is 0.491 e. The number of unbranched alkanes of at least 4 members (excludes halogenated alkanes) is 27. The monoisotopic (exact) mass is 773 g/mol. The van der Waals surface area contributed by atoms with Crippen LogP contribution in [0.1, 0.15) is 237 Å². The van der Waals surface area contributed by atoms with Crippen molar-refractivity contribution in [2.24, 2.45) is 4.99 Å². The van der Waals surface area contributed by atoms with E-state index < -0.39 is 0 Å². The maximum Gasteiger partial charge on any atom is 0.171 e. The normalized spacial score (nSPS) is 15.9. The summed E-state index contributed by atoms with van der Waals surface area (Å²) >= 11 is 0. The van der Waals surface area contributed by atoms with Crippen LogP contribution in [-0.2, 0) is 14.2 Å². The highest BCUT2D eigenvalue weighted by atomic mass is 16.6. The van der Waals surface area contributed by atoms with Crippen LogP contribution in [0.2, 0.25) is 0 Å². The SMILES string of the molecule is CCCCCCCCCCCCOC1=C(OCCCCCCCCCCCC)[C@H](OCCCCCCCCCCCC)C=c2cc(C#N)c3c(c21)C=C[C@H](C)N=3. The van der Waals surface area contributed by atoms with Crippen molar-refractivity contribution in [2.45, 2.75) is 232 Å². The summed E-state index contributed by atoms with van der Waals surface area (Å²) in [6.45, 7) is 10.9. The van der Waals surface area contributed by atoms with Gasteiger partial charge in [0.15, 0.2) is 11.5 Å². The second-order valence-corrected chi connectivity index (χ2v) is 16.9. The van der Waals surface area contributed by atoms with Crippen LogP contribution in [0.3, 0.4) is 0 Å². The van der Waals surface area contributed by atoms with Gasteiger partial charge in [0.2, 0.25) is 0 Å². The standard InChI is InChI=1S/C51H84N2O3/c1-5-8-11-14-17-20-23-26-29-32-37-54-47-41-44-40-45(42-52)49-46(36-35-43(4)53-49)48(44)51(56-39-34-31-28-25-22-19-16-13-10-7-3)50(47)55-38-33-30-27-24-21-18-15-12-9-6-2/h35-36,40-41,43,47H,5-34,37-39H2,1-4H3/t43-,47+/m0/s1. The van der Waals surface area contributed by atoms with Gasteiger partial charge in [-0.15, -0.1) is 0 Å². The molecule has 1 aliphatic carbocycles. The molecule has 0 saturated carbocycles. The Kier molecular flexibility index (Phi) is 26.8. The summed E-state index contributed by atoms with van der Waals surface area (Å²) in [5, 5.41) is 12.0. The molecule has 1 aromatic rings. The van der Waals surface area contributed by atoms with Crippen LogP contribution in [0.25, 0.3) is 17.9 Å². The Balaban J connectivity index is 1.71. The van der Waals surface area contributed by atoms with Gasteiger partial charge in [0.25, 0.3) is 0 Å². The molecular weight excluding hydrogens is 689 g/mol. The van der Waals surface area contributed by atoms with E-state index in [2.05, 4.69) is 52.0 Å². The van der Waals surface area contributed by atoms with Crippen molar-refractivity contribution >= 4 is 17.9 Å². The van der Waals surface area contributed by atoms with Gasteiger partial charge in [-0.1, -0.05) is 206 Å². The lowest BCUT2D eigenvalue weighted by Crippen LogP contribution is -2.33. The third kappa shape index (κ3) is 18.8. The molecular formula is C51H84N2O3. The Labute approximate surface area is 344 Å². The van der Waals surface area contributed by atoms with Crippen LogP contribution in [0.15, 0.2) is 22.9 Å². The summed E-state index contributed by atoms with van der Waals surface area (Å²) in [6.07, 6.45) is 45.0. The van der Waals surface area contributed by atoms with Crippen molar-refractivity contribution in [1.82, 2.24) is 0 Å². The second-order valence-electron chi connectivity index (χ2n) is 16.9. The summed E-state index contributed by atoms with van der Waals surface area (Å²) in [5.41, 5.74) is 2.60. The van der Waals surface area contributed by atoms with Crippen LogP contribution >= 0.6 is 0 Å². The van der Waals surface area contributed by atoms with E-state index in [0.29, 0.717) is 25.4 Å². The molecule has 5 nitrogen and oxygen atoms in total. The molecule has 0 amide bonds. The zero-order valence-corrected chi connectivity index (χ0v) is 36.9. The van der Waals surface area contributed by atoms with E-state index in [-0.39, 0.29) is 12.1 Å². The molecule has 56 heavy (non-hydrogen) atoms. The zero-order chi connectivity index (χ0) is 39.9. The third-order valence-corrected chi connectivity index (χ3v) is 11.7. The second kappa shape index (κ2) is 31.4. The molecule has 0 fully saturated rings. The molecule has 0 spiro atoms. The number of nitrogens with zero attached hydrogens (tertiary/aromatic N) is 2. The lowest BCUT2D eigenvalue weighted by atomic mass is 9.91. The Morgan fingerprint density at radius 2 is 1.00 bits per heavy atom. The van der Waals surface area contributed by atoms with Crippen LogP contribution in [0.4, 0.5) is 0 Å². The first kappa shape index (κ1) is 47.8.